The fourth-order valence-corrected chi connectivity index (χ4v) is 3.92. The van der Waals surface area contributed by atoms with Crippen LogP contribution in [-0.4, -0.2) is 14.6 Å². The molecule has 0 amide bonds. The topological polar surface area (TPSA) is 58.5 Å². The molecule has 1 fully saturated rings. The molecule has 1 N–H and O–H groups in total. The number of hydrazone groups is 1. The van der Waals surface area contributed by atoms with Crippen molar-refractivity contribution in [3.05, 3.63) is 40.9 Å². The number of allylic oxidation sites excluding steroid dienone is 2. The standard InChI is InChI=1S/C14H15BrN2O2S/c15-13-3-5-14(6-4-13)20(18,19)17-16-9-12-8-10-1-2-11(12)7-10/h1-6,9-12,17H,7-8H2/b16-9+. The predicted octanol–water partition coefficient (Wildman–Crippen LogP) is 2.93. The normalized spacial score (nSPS) is 28.4. The van der Waals surface area contributed by atoms with Gasteiger partial charge < -0.3 is 0 Å². The van der Waals surface area contributed by atoms with Crippen molar-refractivity contribution in [3.8, 4) is 0 Å². The molecule has 0 radical (unpaired) electrons. The number of nitrogens with zero attached hydrogens (tertiary/aromatic N) is 1. The lowest BCUT2D eigenvalue weighted by Gasteiger charge is -2.12. The molecule has 1 aromatic rings. The quantitative estimate of drug-likeness (QED) is 0.513. The highest BCUT2D eigenvalue weighted by Crippen LogP contribution is 2.42. The third-order valence-electron chi connectivity index (χ3n) is 3.89. The molecule has 2 aliphatic carbocycles. The fraction of sp³-hybridized carbons (Fsp3) is 0.357. The monoisotopic (exact) mass is 354 g/mol. The Bertz CT molecular complexity index is 652. The Morgan fingerprint density at radius 3 is 2.55 bits per heavy atom. The fourth-order valence-electron chi connectivity index (χ4n) is 2.86. The van der Waals surface area contributed by atoms with Crippen LogP contribution in [0, 0.1) is 17.8 Å². The minimum atomic E-state index is -3.57. The summed E-state index contributed by atoms with van der Waals surface area (Å²) >= 11 is 3.28. The Hall–Kier alpha value is -1.14. The molecule has 0 aliphatic heterocycles. The maximum absolute atomic E-state index is 12.0. The smallest absolute Gasteiger partial charge is 0.200 e. The van der Waals surface area contributed by atoms with Crippen molar-refractivity contribution in [3.63, 3.8) is 0 Å². The van der Waals surface area contributed by atoms with E-state index in [9.17, 15) is 8.42 Å². The van der Waals surface area contributed by atoms with Crippen LogP contribution < -0.4 is 4.83 Å². The number of fused-ring (bicyclic) bond motifs is 2. The lowest BCUT2D eigenvalue weighted by Crippen LogP contribution is -2.20. The molecular formula is C14H15BrN2O2S. The summed E-state index contributed by atoms with van der Waals surface area (Å²) in [4.78, 5) is 2.50. The minimum absolute atomic E-state index is 0.214. The van der Waals surface area contributed by atoms with Gasteiger partial charge in [-0.15, -0.1) is 0 Å². The Balaban J connectivity index is 1.65. The van der Waals surface area contributed by atoms with Crippen LogP contribution in [0.4, 0.5) is 0 Å². The zero-order chi connectivity index (χ0) is 14.2. The third kappa shape index (κ3) is 2.81. The van der Waals surface area contributed by atoms with Crippen LogP contribution in [0.25, 0.3) is 0 Å². The van der Waals surface area contributed by atoms with Crippen molar-refractivity contribution in [2.45, 2.75) is 17.7 Å². The van der Waals surface area contributed by atoms with Gasteiger partial charge in [-0.1, -0.05) is 28.1 Å². The van der Waals surface area contributed by atoms with E-state index in [0.29, 0.717) is 17.8 Å². The predicted molar refractivity (Wildman–Crippen MR) is 81.8 cm³/mol. The first kappa shape index (κ1) is 13.8. The molecule has 20 heavy (non-hydrogen) atoms. The van der Waals surface area contributed by atoms with Crippen molar-refractivity contribution in [1.82, 2.24) is 4.83 Å². The Morgan fingerprint density at radius 1 is 1.20 bits per heavy atom. The van der Waals surface area contributed by atoms with Gasteiger partial charge in [-0.05, 0) is 48.9 Å². The maximum Gasteiger partial charge on any atom is 0.276 e. The molecule has 0 aromatic heterocycles. The van der Waals surface area contributed by atoms with Gasteiger partial charge in [0, 0.05) is 16.6 Å². The van der Waals surface area contributed by atoms with Gasteiger partial charge in [0.2, 0.25) is 0 Å². The number of hydrogen-bond donors (Lipinski definition) is 1. The second-order valence-corrected chi connectivity index (χ2v) is 7.85. The highest BCUT2D eigenvalue weighted by atomic mass is 79.9. The Kier molecular flexibility index (Phi) is 3.69. The van der Waals surface area contributed by atoms with Crippen LogP contribution in [0.5, 0.6) is 0 Å². The average Bonchev–Trinajstić information content (AvgIpc) is 3.01. The van der Waals surface area contributed by atoms with E-state index < -0.39 is 10.0 Å². The van der Waals surface area contributed by atoms with E-state index in [1.165, 1.54) is 6.42 Å². The van der Waals surface area contributed by atoms with Crippen LogP contribution in [0.15, 0.2) is 50.9 Å². The summed E-state index contributed by atoms with van der Waals surface area (Å²) in [6, 6.07) is 6.47. The summed E-state index contributed by atoms with van der Waals surface area (Å²) in [5.74, 6) is 1.54. The number of rotatable bonds is 4. The Morgan fingerprint density at radius 2 is 1.95 bits per heavy atom. The van der Waals surface area contributed by atoms with Gasteiger partial charge in [0.1, 0.15) is 0 Å². The second-order valence-electron chi connectivity index (χ2n) is 5.27. The van der Waals surface area contributed by atoms with Gasteiger partial charge in [-0.25, -0.2) is 4.83 Å². The number of nitrogens with one attached hydrogen (secondary N) is 1. The van der Waals surface area contributed by atoms with Crippen LogP contribution in [0.2, 0.25) is 0 Å². The molecule has 3 unspecified atom stereocenters. The van der Waals surface area contributed by atoms with Crippen LogP contribution in [0.1, 0.15) is 12.8 Å². The molecule has 0 spiro atoms. The average molecular weight is 355 g/mol. The molecule has 3 rings (SSSR count). The van der Waals surface area contributed by atoms with Gasteiger partial charge >= 0.3 is 0 Å². The molecule has 106 valence electrons. The molecule has 6 heteroatoms. The molecule has 4 nitrogen and oxygen atoms in total. The van der Waals surface area contributed by atoms with Gasteiger partial charge in [-0.3, -0.25) is 0 Å². The van der Waals surface area contributed by atoms with E-state index in [0.717, 1.165) is 10.9 Å². The van der Waals surface area contributed by atoms with E-state index in [4.69, 9.17) is 0 Å². The Labute approximate surface area is 127 Å². The molecule has 1 saturated carbocycles. The van der Waals surface area contributed by atoms with Gasteiger partial charge in [-0.2, -0.15) is 13.5 Å². The first-order chi connectivity index (χ1) is 9.54. The highest BCUT2D eigenvalue weighted by Gasteiger charge is 2.34. The SMILES string of the molecule is O=S(=O)(N/N=C/C1CC2C=CC1C2)c1ccc(Br)cc1. The third-order valence-corrected chi connectivity index (χ3v) is 5.66. The zero-order valence-electron chi connectivity index (χ0n) is 10.7. The first-order valence-corrected chi connectivity index (χ1v) is 8.81. The number of sulfonamides is 1. The van der Waals surface area contributed by atoms with Crippen molar-refractivity contribution in [2.24, 2.45) is 22.9 Å². The molecule has 2 aliphatic rings. The number of benzene rings is 1. The van der Waals surface area contributed by atoms with Crippen molar-refractivity contribution >= 4 is 32.2 Å². The minimum Gasteiger partial charge on any atom is -0.200 e. The van der Waals surface area contributed by atoms with Crippen molar-refractivity contribution in [2.75, 3.05) is 0 Å². The molecule has 0 heterocycles. The van der Waals surface area contributed by atoms with Crippen LogP contribution in [0.3, 0.4) is 0 Å². The molecule has 2 bridgehead atoms. The summed E-state index contributed by atoms with van der Waals surface area (Å²) in [5, 5.41) is 3.93. The van der Waals surface area contributed by atoms with E-state index in [-0.39, 0.29) is 4.90 Å². The number of hydrogen-bond acceptors (Lipinski definition) is 3. The lowest BCUT2D eigenvalue weighted by atomic mass is 9.95. The molecule has 0 saturated heterocycles. The highest BCUT2D eigenvalue weighted by molar-refractivity contribution is 9.10. The van der Waals surface area contributed by atoms with Crippen LogP contribution >= 0.6 is 15.9 Å². The first-order valence-electron chi connectivity index (χ1n) is 6.53. The molecule has 3 atom stereocenters. The lowest BCUT2D eigenvalue weighted by molar-refractivity contribution is 0.578. The van der Waals surface area contributed by atoms with Gasteiger partial charge in [0.25, 0.3) is 10.0 Å². The van der Waals surface area contributed by atoms with E-state index >= 15 is 0 Å². The molecular weight excluding hydrogens is 340 g/mol. The van der Waals surface area contributed by atoms with Gasteiger partial charge in [0.15, 0.2) is 0 Å². The van der Waals surface area contributed by atoms with Crippen LogP contribution in [-0.2, 0) is 10.0 Å². The second kappa shape index (κ2) is 5.33. The van der Waals surface area contributed by atoms with Gasteiger partial charge in [0.05, 0.1) is 4.90 Å². The maximum atomic E-state index is 12.0. The largest absolute Gasteiger partial charge is 0.276 e. The summed E-state index contributed by atoms with van der Waals surface area (Å²) in [6.45, 7) is 0. The summed E-state index contributed by atoms with van der Waals surface area (Å²) in [7, 11) is -3.57. The van der Waals surface area contributed by atoms with E-state index in [1.54, 1.807) is 30.5 Å². The zero-order valence-corrected chi connectivity index (χ0v) is 13.1. The van der Waals surface area contributed by atoms with E-state index in [1.807, 2.05) is 0 Å². The number of halogens is 1. The van der Waals surface area contributed by atoms with E-state index in [2.05, 4.69) is 38.0 Å². The summed E-state index contributed by atoms with van der Waals surface area (Å²) in [6.07, 6.45) is 8.46. The summed E-state index contributed by atoms with van der Waals surface area (Å²) < 4.78 is 24.9. The summed E-state index contributed by atoms with van der Waals surface area (Å²) in [5.41, 5.74) is 0. The van der Waals surface area contributed by atoms with Crippen molar-refractivity contribution in [1.29, 1.82) is 0 Å². The van der Waals surface area contributed by atoms with Crippen molar-refractivity contribution < 1.29 is 8.42 Å². The molecule has 1 aromatic carbocycles.